The van der Waals surface area contributed by atoms with E-state index in [1.54, 1.807) is 0 Å². The molecule has 0 saturated carbocycles. The van der Waals surface area contributed by atoms with Gasteiger partial charge in [-0.1, -0.05) is 0 Å². The SMILES string of the molecule is COC1CC(OC(C)=O)C(OC(C)=O)C(COC(C)=O)O1. The predicted octanol–water partition coefficient (Wildman–Crippen LogP) is 0.174. The molecule has 0 aromatic heterocycles. The Kier molecular flexibility index (Phi) is 6.57. The van der Waals surface area contributed by atoms with Gasteiger partial charge in [0.05, 0.1) is 0 Å². The molecule has 4 atom stereocenters. The molecule has 0 spiro atoms. The molecule has 1 aliphatic rings. The number of ether oxygens (including phenoxy) is 5. The molecule has 1 heterocycles. The molecule has 0 amide bonds. The third kappa shape index (κ3) is 5.68. The van der Waals surface area contributed by atoms with Crippen LogP contribution in [0.15, 0.2) is 0 Å². The Morgan fingerprint density at radius 1 is 1.05 bits per heavy atom. The Morgan fingerprint density at radius 3 is 2.14 bits per heavy atom. The van der Waals surface area contributed by atoms with Gasteiger partial charge in [0, 0.05) is 34.3 Å². The predicted molar refractivity (Wildman–Crippen MR) is 68.0 cm³/mol. The van der Waals surface area contributed by atoms with Crippen LogP contribution in [0.3, 0.4) is 0 Å². The van der Waals surface area contributed by atoms with E-state index in [2.05, 4.69) is 0 Å². The van der Waals surface area contributed by atoms with Crippen LogP contribution in [-0.4, -0.2) is 56.2 Å². The smallest absolute Gasteiger partial charge is 0.303 e. The van der Waals surface area contributed by atoms with Crippen molar-refractivity contribution in [3.63, 3.8) is 0 Å². The van der Waals surface area contributed by atoms with Gasteiger partial charge in [0.25, 0.3) is 0 Å². The van der Waals surface area contributed by atoms with Gasteiger partial charge >= 0.3 is 17.9 Å². The van der Waals surface area contributed by atoms with Gasteiger partial charge in [0.2, 0.25) is 0 Å². The van der Waals surface area contributed by atoms with Gasteiger partial charge in [-0.2, -0.15) is 0 Å². The van der Waals surface area contributed by atoms with Crippen molar-refractivity contribution in [1.82, 2.24) is 0 Å². The average molecular weight is 304 g/mol. The highest BCUT2D eigenvalue weighted by Crippen LogP contribution is 2.26. The lowest BCUT2D eigenvalue weighted by Gasteiger charge is -2.39. The first-order chi connectivity index (χ1) is 9.83. The zero-order valence-electron chi connectivity index (χ0n) is 12.5. The normalized spacial score (nSPS) is 28.6. The van der Waals surface area contributed by atoms with Gasteiger partial charge in [0.1, 0.15) is 18.8 Å². The maximum absolute atomic E-state index is 11.2. The molecular weight excluding hydrogens is 284 g/mol. The first-order valence-electron chi connectivity index (χ1n) is 6.49. The molecule has 1 fully saturated rings. The molecular formula is C13H20O8. The summed E-state index contributed by atoms with van der Waals surface area (Å²) in [5, 5.41) is 0. The van der Waals surface area contributed by atoms with E-state index in [-0.39, 0.29) is 13.0 Å². The summed E-state index contributed by atoms with van der Waals surface area (Å²) in [7, 11) is 1.44. The summed E-state index contributed by atoms with van der Waals surface area (Å²) in [6, 6.07) is 0. The summed E-state index contributed by atoms with van der Waals surface area (Å²) >= 11 is 0. The number of carbonyl (C=O) groups excluding carboxylic acids is 3. The summed E-state index contributed by atoms with van der Waals surface area (Å²) in [5.41, 5.74) is 0. The van der Waals surface area contributed by atoms with E-state index in [1.165, 1.54) is 27.9 Å². The van der Waals surface area contributed by atoms with Crippen LogP contribution >= 0.6 is 0 Å². The fraction of sp³-hybridized carbons (Fsp3) is 0.769. The van der Waals surface area contributed by atoms with Crippen molar-refractivity contribution in [2.45, 2.75) is 51.8 Å². The van der Waals surface area contributed by atoms with Gasteiger partial charge in [0.15, 0.2) is 12.4 Å². The summed E-state index contributed by atoms with van der Waals surface area (Å²) < 4.78 is 25.8. The molecule has 8 heteroatoms. The third-order valence-corrected chi connectivity index (χ3v) is 2.82. The fourth-order valence-electron chi connectivity index (χ4n) is 2.05. The van der Waals surface area contributed by atoms with E-state index in [9.17, 15) is 14.4 Å². The molecule has 0 aromatic carbocycles. The standard InChI is InChI=1S/C13H20O8/c1-7(14)18-6-11-13(20-9(3)16)10(19-8(2)15)5-12(17-4)21-11/h10-13H,5-6H2,1-4H3. The minimum atomic E-state index is -0.864. The third-order valence-electron chi connectivity index (χ3n) is 2.82. The minimum absolute atomic E-state index is 0.134. The summed E-state index contributed by atoms with van der Waals surface area (Å²) in [6.07, 6.45) is -2.81. The van der Waals surface area contributed by atoms with Crippen LogP contribution in [0.4, 0.5) is 0 Å². The lowest BCUT2D eigenvalue weighted by Crippen LogP contribution is -2.54. The van der Waals surface area contributed by atoms with Crippen molar-refractivity contribution in [1.29, 1.82) is 0 Å². The van der Waals surface area contributed by atoms with Crippen molar-refractivity contribution in [3.8, 4) is 0 Å². The van der Waals surface area contributed by atoms with Crippen LogP contribution in [0.2, 0.25) is 0 Å². The highest BCUT2D eigenvalue weighted by Gasteiger charge is 2.43. The van der Waals surface area contributed by atoms with Crippen LogP contribution in [0.5, 0.6) is 0 Å². The van der Waals surface area contributed by atoms with Gasteiger partial charge < -0.3 is 23.7 Å². The van der Waals surface area contributed by atoms with Crippen LogP contribution in [0.25, 0.3) is 0 Å². The molecule has 0 aromatic rings. The van der Waals surface area contributed by atoms with Crippen LogP contribution < -0.4 is 0 Å². The fourth-order valence-corrected chi connectivity index (χ4v) is 2.05. The zero-order chi connectivity index (χ0) is 16.0. The monoisotopic (exact) mass is 304 g/mol. The Balaban J connectivity index is 2.87. The van der Waals surface area contributed by atoms with Gasteiger partial charge in [-0.25, -0.2) is 0 Å². The maximum Gasteiger partial charge on any atom is 0.303 e. The largest absolute Gasteiger partial charge is 0.463 e. The Labute approximate surface area is 122 Å². The van der Waals surface area contributed by atoms with Crippen molar-refractivity contribution < 1.29 is 38.1 Å². The number of hydrogen-bond donors (Lipinski definition) is 0. The number of rotatable bonds is 5. The van der Waals surface area contributed by atoms with Crippen molar-refractivity contribution in [2.24, 2.45) is 0 Å². The van der Waals surface area contributed by atoms with Crippen molar-refractivity contribution in [3.05, 3.63) is 0 Å². The molecule has 0 aliphatic carbocycles. The Morgan fingerprint density at radius 2 is 1.67 bits per heavy atom. The summed E-state index contributed by atoms with van der Waals surface area (Å²) in [6.45, 7) is 3.60. The van der Waals surface area contributed by atoms with Crippen LogP contribution in [0, 0.1) is 0 Å². The van der Waals surface area contributed by atoms with Gasteiger partial charge in [-0.15, -0.1) is 0 Å². The second-order valence-electron chi connectivity index (χ2n) is 4.60. The molecule has 21 heavy (non-hydrogen) atoms. The quantitative estimate of drug-likeness (QED) is 0.524. The van der Waals surface area contributed by atoms with E-state index >= 15 is 0 Å². The first-order valence-corrected chi connectivity index (χ1v) is 6.49. The summed E-state index contributed by atoms with van der Waals surface area (Å²) in [4.78, 5) is 33.3. The second kappa shape index (κ2) is 7.94. The molecule has 4 unspecified atom stereocenters. The van der Waals surface area contributed by atoms with E-state index < -0.39 is 42.5 Å². The van der Waals surface area contributed by atoms with E-state index in [0.717, 1.165) is 0 Å². The lowest BCUT2D eigenvalue weighted by molar-refractivity contribution is -0.259. The van der Waals surface area contributed by atoms with E-state index in [0.29, 0.717) is 0 Å². The van der Waals surface area contributed by atoms with Crippen LogP contribution in [0.1, 0.15) is 27.2 Å². The number of carbonyl (C=O) groups is 3. The molecule has 1 saturated heterocycles. The highest BCUT2D eigenvalue weighted by molar-refractivity contribution is 5.67. The van der Waals surface area contributed by atoms with Gasteiger partial charge in [-0.05, 0) is 0 Å². The number of esters is 3. The van der Waals surface area contributed by atoms with Crippen molar-refractivity contribution >= 4 is 17.9 Å². The highest BCUT2D eigenvalue weighted by atomic mass is 16.7. The lowest BCUT2D eigenvalue weighted by atomic mass is 10.0. The summed E-state index contributed by atoms with van der Waals surface area (Å²) in [5.74, 6) is -1.56. The average Bonchev–Trinajstić information content (AvgIpc) is 2.37. The molecule has 1 aliphatic heterocycles. The molecule has 0 bridgehead atoms. The topological polar surface area (TPSA) is 97.4 Å². The van der Waals surface area contributed by atoms with Crippen molar-refractivity contribution in [2.75, 3.05) is 13.7 Å². The molecule has 0 N–H and O–H groups in total. The Hall–Kier alpha value is -1.67. The minimum Gasteiger partial charge on any atom is -0.463 e. The molecule has 0 radical (unpaired) electrons. The number of methoxy groups -OCH3 is 1. The Bertz CT molecular complexity index is 394. The second-order valence-corrected chi connectivity index (χ2v) is 4.60. The molecule has 1 rings (SSSR count). The number of hydrogen-bond acceptors (Lipinski definition) is 8. The molecule has 8 nitrogen and oxygen atoms in total. The van der Waals surface area contributed by atoms with Gasteiger partial charge in [-0.3, -0.25) is 14.4 Å². The molecule has 120 valence electrons. The first kappa shape index (κ1) is 17.4. The van der Waals surface area contributed by atoms with Crippen LogP contribution in [-0.2, 0) is 38.1 Å². The maximum atomic E-state index is 11.2. The zero-order valence-corrected chi connectivity index (χ0v) is 12.5. The van der Waals surface area contributed by atoms with E-state index in [1.807, 2.05) is 0 Å². The van der Waals surface area contributed by atoms with E-state index in [4.69, 9.17) is 23.7 Å².